The molecule has 3 unspecified atom stereocenters. The molecule has 0 aromatic carbocycles. The highest BCUT2D eigenvalue weighted by Crippen LogP contribution is 2.23. The molecule has 0 saturated heterocycles. The Hall–Kier alpha value is 0.430. The van der Waals surface area contributed by atoms with Crippen molar-refractivity contribution in [2.75, 3.05) is 11.0 Å². The second kappa shape index (κ2) is 6.89. The van der Waals surface area contributed by atoms with Gasteiger partial charge in [-0.3, -0.25) is 0 Å². The Kier molecular flexibility index (Phi) is 6.20. The summed E-state index contributed by atoms with van der Waals surface area (Å²) in [4.78, 5) is 0. The lowest BCUT2D eigenvalue weighted by atomic mass is 9.91. The van der Waals surface area contributed by atoms with Crippen molar-refractivity contribution in [1.82, 2.24) is 0 Å². The maximum atomic E-state index is 5.90. The van der Waals surface area contributed by atoms with Crippen molar-refractivity contribution in [1.29, 1.82) is 0 Å². The van der Waals surface area contributed by atoms with Crippen LogP contribution in [0.5, 0.6) is 0 Å². The molecule has 1 nitrogen and oxygen atoms in total. The van der Waals surface area contributed by atoms with Gasteiger partial charge in [0, 0.05) is 4.43 Å². The highest BCUT2D eigenvalue weighted by molar-refractivity contribution is 14.1. The molecule has 0 heterocycles. The predicted octanol–water partition coefficient (Wildman–Crippen LogP) is 4.21. The van der Waals surface area contributed by atoms with Crippen LogP contribution in [0.15, 0.2) is 11.6 Å². The fourth-order valence-electron chi connectivity index (χ4n) is 1.68. The molecule has 1 aliphatic carbocycles. The van der Waals surface area contributed by atoms with E-state index < -0.39 is 0 Å². The molecule has 88 valence electrons. The Balaban J connectivity index is 2.25. The third-order valence-electron chi connectivity index (χ3n) is 3.34. The summed E-state index contributed by atoms with van der Waals surface area (Å²) in [6.45, 7) is 7.63. The number of hydrogen-bond donors (Lipinski definition) is 0. The quantitative estimate of drug-likeness (QED) is 0.419. The van der Waals surface area contributed by atoms with Gasteiger partial charge in [-0.1, -0.05) is 42.5 Å². The zero-order valence-corrected chi connectivity index (χ0v) is 12.3. The molecule has 0 aromatic heterocycles. The highest BCUT2D eigenvalue weighted by Gasteiger charge is 2.14. The first-order chi connectivity index (χ1) is 7.13. The van der Waals surface area contributed by atoms with Crippen molar-refractivity contribution in [2.45, 2.75) is 46.1 Å². The summed E-state index contributed by atoms with van der Waals surface area (Å²) in [5.41, 5.74) is 1.51. The summed E-state index contributed by atoms with van der Waals surface area (Å²) < 4.78 is 7.07. The Morgan fingerprint density at radius 1 is 1.53 bits per heavy atom. The van der Waals surface area contributed by atoms with Crippen LogP contribution in [0.25, 0.3) is 0 Å². The van der Waals surface area contributed by atoms with Crippen LogP contribution in [0.4, 0.5) is 0 Å². The van der Waals surface area contributed by atoms with Gasteiger partial charge in [-0.05, 0) is 43.6 Å². The average molecular weight is 322 g/mol. The van der Waals surface area contributed by atoms with Gasteiger partial charge in [-0.15, -0.1) is 0 Å². The van der Waals surface area contributed by atoms with E-state index in [0.29, 0.717) is 12.0 Å². The van der Waals surface area contributed by atoms with Crippen LogP contribution < -0.4 is 0 Å². The SMILES string of the molecule is CC1CC=C(COC(C)C(C)CI)CC1. The van der Waals surface area contributed by atoms with Crippen LogP contribution in [0.2, 0.25) is 0 Å². The van der Waals surface area contributed by atoms with Gasteiger partial charge in [-0.2, -0.15) is 0 Å². The van der Waals surface area contributed by atoms with Crippen LogP contribution in [0, 0.1) is 11.8 Å². The lowest BCUT2D eigenvalue weighted by molar-refractivity contribution is 0.0506. The van der Waals surface area contributed by atoms with Gasteiger partial charge in [0.2, 0.25) is 0 Å². The largest absolute Gasteiger partial charge is 0.374 e. The van der Waals surface area contributed by atoms with Crippen LogP contribution in [-0.4, -0.2) is 17.1 Å². The van der Waals surface area contributed by atoms with Crippen molar-refractivity contribution in [3.8, 4) is 0 Å². The van der Waals surface area contributed by atoms with Crippen molar-refractivity contribution in [3.63, 3.8) is 0 Å². The van der Waals surface area contributed by atoms with Gasteiger partial charge in [-0.25, -0.2) is 0 Å². The van der Waals surface area contributed by atoms with Crippen molar-refractivity contribution in [3.05, 3.63) is 11.6 Å². The Bertz CT molecular complexity index is 213. The van der Waals surface area contributed by atoms with E-state index in [2.05, 4.69) is 49.4 Å². The van der Waals surface area contributed by atoms with E-state index in [9.17, 15) is 0 Å². The fourth-order valence-corrected chi connectivity index (χ4v) is 2.39. The smallest absolute Gasteiger partial charge is 0.0680 e. The average Bonchev–Trinajstić information content (AvgIpc) is 2.26. The number of hydrogen-bond acceptors (Lipinski definition) is 1. The number of halogens is 1. The first-order valence-corrected chi connectivity index (χ1v) is 7.51. The maximum absolute atomic E-state index is 5.90. The summed E-state index contributed by atoms with van der Waals surface area (Å²) in [6.07, 6.45) is 6.60. The van der Waals surface area contributed by atoms with Crippen LogP contribution in [0.1, 0.15) is 40.0 Å². The van der Waals surface area contributed by atoms with Gasteiger partial charge in [0.05, 0.1) is 12.7 Å². The second-order valence-corrected chi connectivity index (χ2v) is 5.77. The summed E-state index contributed by atoms with van der Waals surface area (Å²) in [6, 6.07) is 0. The van der Waals surface area contributed by atoms with E-state index >= 15 is 0 Å². The minimum absolute atomic E-state index is 0.391. The molecule has 0 spiro atoms. The normalized spacial score (nSPS) is 25.9. The summed E-state index contributed by atoms with van der Waals surface area (Å²) in [7, 11) is 0. The Morgan fingerprint density at radius 2 is 2.27 bits per heavy atom. The molecule has 0 radical (unpaired) electrons. The monoisotopic (exact) mass is 322 g/mol. The van der Waals surface area contributed by atoms with Gasteiger partial charge >= 0.3 is 0 Å². The number of allylic oxidation sites excluding steroid dienone is 1. The minimum atomic E-state index is 0.391. The maximum Gasteiger partial charge on any atom is 0.0680 e. The molecule has 0 bridgehead atoms. The van der Waals surface area contributed by atoms with Crippen molar-refractivity contribution in [2.24, 2.45) is 11.8 Å². The minimum Gasteiger partial charge on any atom is -0.374 e. The number of ether oxygens (including phenoxy) is 1. The third-order valence-corrected chi connectivity index (χ3v) is 4.73. The molecule has 0 fully saturated rings. The Labute approximate surface area is 108 Å². The summed E-state index contributed by atoms with van der Waals surface area (Å²) in [5.74, 6) is 1.54. The Morgan fingerprint density at radius 3 is 2.80 bits per heavy atom. The van der Waals surface area contributed by atoms with E-state index in [4.69, 9.17) is 4.74 Å². The highest BCUT2D eigenvalue weighted by atomic mass is 127. The third kappa shape index (κ3) is 4.85. The first-order valence-electron chi connectivity index (χ1n) is 5.99. The molecule has 0 N–H and O–H groups in total. The van der Waals surface area contributed by atoms with Gasteiger partial charge in [0.1, 0.15) is 0 Å². The molecule has 15 heavy (non-hydrogen) atoms. The summed E-state index contributed by atoms with van der Waals surface area (Å²) >= 11 is 2.43. The van der Waals surface area contributed by atoms with Gasteiger partial charge in [0.25, 0.3) is 0 Å². The van der Waals surface area contributed by atoms with Crippen LogP contribution >= 0.6 is 22.6 Å². The molecule has 3 atom stereocenters. The van der Waals surface area contributed by atoms with Gasteiger partial charge in [0.15, 0.2) is 0 Å². The zero-order chi connectivity index (χ0) is 11.3. The van der Waals surface area contributed by atoms with E-state index in [1.807, 2.05) is 0 Å². The molecule has 2 heteroatoms. The topological polar surface area (TPSA) is 9.23 Å². The molecular weight excluding hydrogens is 299 g/mol. The lowest BCUT2D eigenvalue weighted by Crippen LogP contribution is -2.21. The van der Waals surface area contributed by atoms with Crippen LogP contribution in [0.3, 0.4) is 0 Å². The predicted molar refractivity (Wildman–Crippen MR) is 74.6 cm³/mol. The molecular formula is C13H23IO. The second-order valence-electron chi connectivity index (χ2n) is 4.89. The van der Waals surface area contributed by atoms with E-state index in [1.54, 1.807) is 0 Å². The van der Waals surface area contributed by atoms with Gasteiger partial charge < -0.3 is 4.74 Å². The number of alkyl halides is 1. The molecule has 1 aliphatic rings. The molecule has 0 saturated carbocycles. The van der Waals surface area contributed by atoms with Crippen molar-refractivity contribution < 1.29 is 4.74 Å². The fraction of sp³-hybridized carbons (Fsp3) is 0.846. The molecule has 0 aromatic rings. The number of rotatable bonds is 5. The van der Waals surface area contributed by atoms with Crippen molar-refractivity contribution >= 4 is 22.6 Å². The molecule has 0 aliphatic heterocycles. The lowest BCUT2D eigenvalue weighted by Gasteiger charge is -2.22. The first kappa shape index (κ1) is 13.5. The molecule has 1 rings (SSSR count). The van der Waals surface area contributed by atoms with E-state index in [0.717, 1.165) is 12.5 Å². The van der Waals surface area contributed by atoms with Crippen LogP contribution in [-0.2, 0) is 4.74 Å². The standard InChI is InChI=1S/C13H23IO/c1-10-4-6-13(7-5-10)9-15-12(3)11(2)8-14/h6,10-12H,4-5,7-9H2,1-3H3. The van der Waals surface area contributed by atoms with E-state index in [-0.39, 0.29) is 0 Å². The zero-order valence-electron chi connectivity index (χ0n) is 10.1. The van der Waals surface area contributed by atoms with E-state index in [1.165, 1.54) is 29.3 Å². The molecule has 0 amide bonds. The summed E-state index contributed by atoms with van der Waals surface area (Å²) in [5, 5.41) is 0.